The van der Waals surface area contributed by atoms with Crippen LogP contribution in [0.1, 0.15) is 18.6 Å². The molecule has 6 nitrogen and oxygen atoms in total. The molecule has 1 unspecified atom stereocenters. The average molecular weight is 288 g/mol. The van der Waals surface area contributed by atoms with Gasteiger partial charge in [-0.25, -0.2) is 4.98 Å². The van der Waals surface area contributed by atoms with Crippen molar-refractivity contribution in [2.45, 2.75) is 25.4 Å². The first-order valence-electron chi connectivity index (χ1n) is 7.22. The molecule has 6 heteroatoms. The smallest absolute Gasteiger partial charge is 0.227 e. The van der Waals surface area contributed by atoms with Crippen molar-refractivity contribution in [3.05, 3.63) is 36.4 Å². The van der Waals surface area contributed by atoms with Crippen molar-refractivity contribution in [1.82, 2.24) is 9.97 Å². The average Bonchev–Trinajstić information content (AvgIpc) is 3.01. The molecule has 1 fully saturated rings. The summed E-state index contributed by atoms with van der Waals surface area (Å²) in [6, 6.07) is 6.04. The number of furan rings is 1. The summed E-state index contributed by atoms with van der Waals surface area (Å²) in [6.07, 6.45) is 5.65. The van der Waals surface area contributed by atoms with Gasteiger partial charge in [0.25, 0.3) is 0 Å². The van der Waals surface area contributed by atoms with Gasteiger partial charge in [-0.2, -0.15) is 4.98 Å². The molecule has 2 aromatic rings. The molecule has 0 bridgehead atoms. The van der Waals surface area contributed by atoms with Crippen LogP contribution in [0.5, 0.6) is 0 Å². The highest BCUT2D eigenvalue weighted by Gasteiger charge is 2.15. The van der Waals surface area contributed by atoms with Gasteiger partial charge in [-0.1, -0.05) is 0 Å². The number of ether oxygens (including phenoxy) is 1. The van der Waals surface area contributed by atoms with Crippen molar-refractivity contribution in [3.63, 3.8) is 0 Å². The van der Waals surface area contributed by atoms with Crippen LogP contribution in [0.2, 0.25) is 0 Å². The molecular formula is C15H20N4O2. The van der Waals surface area contributed by atoms with E-state index >= 15 is 0 Å². The lowest BCUT2D eigenvalue weighted by atomic mass is 10.1. The molecule has 0 amide bonds. The maximum absolute atomic E-state index is 5.47. The molecule has 3 rings (SSSR count). The van der Waals surface area contributed by atoms with Crippen molar-refractivity contribution in [3.8, 4) is 0 Å². The van der Waals surface area contributed by atoms with Crippen LogP contribution < -0.4 is 10.2 Å². The monoisotopic (exact) mass is 288 g/mol. The van der Waals surface area contributed by atoms with Crippen LogP contribution in [0.25, 0.3) is 0 Å². The lowest BCUT2D eigenvalue weighted by molar-refractivity contribution is 0.0875. The van der Waals surface area contributed by atoms with Gasteiger partial charge in [0.15, 0.2) is 0 Å². The van der Waals surface area contributed by atoms with E-state index in [-0.39, 0.29) is 0 Å². The molecule has 1 atom stereocenters. The van der Waals surface area contributed by atoms with E-state index in [1.807, 2.05) is 30.1 Å². The van der Waals surface area contributed by atoms with Crippen LogP contribution in [0, 0.1) is 0 Å². The summed E-state index contributed by atoms with van der Waals surface area (Å²) in [5, 5.41) is 3.41. The molecule has 0 spiro atoms. The molecule has 112 valence electrons. The lowest BCUT2D eigenvalue weighted by Gasteiger charge is -2.24. The summed E-state index contributed by atoms with van der Waals surface area (Å²) in [5.41, 5.74) is 0. The number of anilines is 2. The van der Waals surface area contributed by atoms with Crippen LogP contribution >= 0.6 is 0 Å². The molecule has 0 aliphatic carbocycles. The largest absolute Gasteiger partial charge is 0.467 e. The second-order valence-electron chi connectivity index (χ2n) is 5.24. The third-order valence-electron chi connectivity index (χ3n) is 3.47. The van der Waals surface area contributed by atoms with Crippen molar-refractivity contribution in [2.24, 2.45) is 0 Å². The Morgan fingerprint density at radius 2 is 2.38 bits per heavy atom. The third kappa shape index (κ3) is 3.72. The Kier molecular flexibility index (Phi) is 4.35. The Balaban J connectivity index is 1.64. The van der Waals surface area contributed by atoms with Gasteiger partial charge >= 0.3 is 0 Å². The molecule has 2 aromatic heterocycles. The number of aromatic nitrogens is 2. The molecule has 3 heterocycles. The SMILES string of the molecule is CN(Cc1ccco1)c1nccc(NC2CCCOC2)n1. The first kappa shape index (κ1) is 13.9. The van der Waals surface area contributed by atoms with Crippen LogP contribution in [-0.4, -0.2) is 36.3 Å². The Morgan fingerprint density at radius 3 is 3.14 bits per heavy atom. The molecule has 0 saturated carbocycles. The fourth-order valence-corrected chi connectivity index (χ4v) is 2.38. The summed E-state index contributed by atoms with van der Waals surface area (Å²) < 4.78 is 10.8. The second-order valence-corrected chi connectivity index (χ2v) is 5.24. The predicted molar refractivity (Wildman–Crippen MR) is 80.3 cm³/mol. The molecule has 0 aromatic carbocycles. The summed E-state index contributed by atoms with van der Waals surface area (Å²) in [4.78, 5) is 10.8. The number of nitrogens with zero attached hydrogens (tertiary/aromatic N) is 3. The van der Waals surface area contributed by atoms with Gasteiger partial charge < -0.3 is 19.4 Å². The molecule has 1 N–H and O–H groups in total. The summed E-state index contributed by atoms with van der Waals surface area (Å²) in [6.45, 7) is 2.24. The van der Waals surface area contributed by atoms with E-state index in [0.717, 1.165) is 37.6 Å². The maximum atomic E-state index is 5.47. The Labute approximate surface area is 124 Å². The van der Waals surface area contributed by atoms with Gasteiger partial charge in [0.1, 0.15) is 11.6 Å². The molecule has 1 aliphatic heterocycles. The molecule has 21 heavy (non-hydrogen) atoms. The standard InChI is InChI=1S/C15H20N4O2/c1-19(10-13-5-3-9-21-13)15-16-7-6-14(18-15)17-12-4-2-8-20-11-12/h3,5-7,9,12H,2,4,8,10-11H2,1H3,(H,16,17,18). The van der Waals surface area contributed by atoms with Gasteiger partial charge in [-0.15, -0.1) is 0 Å². The van der Waals surface area contributed by atoms with Crippen LogP contribution in [0.4, 0.5) is 11.8 Å². The zero-order valence-corrected chi connectivity index (χ0v) is 12.2. The molecule has 0 radical (unpaired) electrons. The Hall–Kier alpha value is -2.08. The lowest BCUT2D eigenvalue weighted by Crippen LogP contribution is -2.30. The fraction of sp³-hybridized carbons (Fsp3) is 0.467. The van der Waals surface area contributed by atoms with Gasteiger partial charge in [0.2, 0.25) is 5.95 Å². The van der Waals surface area contributed by atoms with Crippen LogP contribution in [-0.2, 0) is 11.3 Å². The number of nitrogens with one attached hydrogen (secondary N) is 1. The summed E-state index contributed by atoms with van der Waals surface area (Å²) >= 11 is 0. The zero-order chi connectivity index (χ0) is 14.5. The number of hydrogen-bond donors (Lipinski definition) is 1. The minimum absolute atomic E-state index is 0.330. The molecule has 1 saturated heterocycles. The normalized spacial score (nSPS) is 18.4. The minimum Gasteiger partial charge on any atom is -0.467 e. The van der Waals surface area contributed by atoms with Gasteiger partial charge in [0, 0.05) is 19.9 Å². The van der Waals surface area contributed by atoms with E-state index in [1.54, 1.807) is 12.5 Å². The third-order valence-corrected chi connectivity index (χ3v) is 3.47. The summed E-state index contributed by atoms with van der Waals surface area (Å²) in [5.74, 6) is 2.40. The second kappa shape index (κ2) is 6.58. The van der Waals surface area contributed by atoms with Crippen molar-refractivity contribution in [2.75, 3.05) is 30.5 Å². The molecule has 1 aliphatic rings. The van der Waals surface area contributed by atoms with E-state index in [0.29, 0.717) is 18.5 Å². The topological polar surface area (TPSA) is 63.4 Å². The maximum Gasteiger partial charge on any atom is 0.227 e. The van der Waals surface area contributed by atoms with Crippen molar-refractivity contribution in [1.29, 1.82) is 0 Å². The zero-order valence-electron chi connectivity index (χ0n) is 12.2. The van der Waals surface area contributed by atoms with Crippen molar-refractivity contribution < 1.29 is 9.15 Å². The van der Waals surface area contributed by atoms with Crippen LogP contribution in [0.15, 0.2) is 35.1 Å². The quantitative estimate of drug-likeness (QED) is 0.911. The van der Waals surface area contributed by atoms with E-state index in [4.69, 9.17) is 9.15 Å². The Morgan fingerprint density at radius 1 is 1.43 bits per heavy atom. The first-order valence-corrected chi connectivity index (χ1v) is 7.22. The fourth-order valence-electron chi connectivity index (χ4n) is 2.38. The van der Waals surface area contributed by atoms with Gasteiger partial charge in [0.05, 0.1) is 25.5 Å². The van der Waals surface area contributed by atoms with E-state index in [2.05, 4.69) is 15.3 Å². The van der Waals surface area contributed by atoms with E-state index in [9.17, 15) is 0 Å². The van der Waals surface area contributed by atoms with Crippen molar-refractivity contribution >= 4 is 11.8 Å². The first-order chi connectivity index (χ1) is 10.3. The van der Waals surface area contributed by atoms with E-state index < -0.39 is 0 Å². The Bertz CT molecular complexity index is 553. The van der Waals surface area contributed by atoms with Gasteiger partial charge in [-0.05, 0) is 31.0 Å². The minimum atomic E-state index is 0.330. The number of rotatable bonds is 5. The predicted octanol–water partition coefficient (Wildman–Crippen LogP) is 2.30. The molecular weight excluding hydrogens is 268 g/mol. The highest BCUT2D eigenvalue weighted by molar-refractivity contribution is 5.41. The van der Waals surface area contributed by atoms with Crippen LogP contribution in [0.3, 0.4) is 0 Å². The number of hydrogen-bond acceptors (Lipinski definition) is 6. The van der Waals surface area contributed by atoms with Gasteiger partial charge in [-0.3, -0.25) is 0 Å². The highest BCUT2D eigenvalue weighted by Crippen LogP contribution is 2.16. The van der Waals surface area contributed by atoms with E-state index in [1.165, 1.54) is 0 Å². The summed E-state index contributed by atoms with van der Waals surface area (Å²) in [7, 11) is 1.95. The highest BCUT2D eigenvalue weighted by atomic mass is 16.5.